The zero-order valence-corrected chi connectivity index (χ0v) is 37.8. The first-order valence-electron chi connectivity index (χ1n) is 22.7. The number of hydrogen-bond donors (Lipinski definition) is 0. The number of aromatic nitrogens is 3. The Hall–Kier alpha value is -9.22. The molecule has 10 rings (SSSR count). The molecule has 0 N–H and O–H groups in total. The van der Waals surface area contributed by atoms with E-state index >= 15 is 0 Å². The minimum Gasteiger partial charge on any atom is -0.311 e. The fourth-order valence-electron chi connectivity index (χ4n) is 8.92. The van der Waals surface area contributed by atoms with Gasteiger partial charge in [0.05, 0.1) is 27.5 Å². The Labute approximate surface area is 399 Å². The molecule has 1 aromatic heterocycles. The highest BCUT2D eigenvalue weighted by atomic mass is 16.6. The Kier molecular flexibility index (Phi) is 12.0. The van der Waals surface area contributed by atoms with Crippen LogP contribution in [0.2, 0.25) is 0 Å². The average Bonchev–Trinajstić information content (AvgIpc) is 3.80. The van der Waals surface area contributed by atoms with Crippen molar-refractivity contribution < 1.29 is 9.85 Å². The molecule has 0 fully saturated rings. The third-order valence-corrected chi connectivity index (χ3v) is 12.0. The molecule has 0 aliphatic rings. The molecule has 0 unspecified atom stereocenters. The van der Waals surface area contributed by atoms with E-state index in [-0.39, 0.29) is 28.1 Å². The average molecular weight is 904 g/mol. The van der Waals surface area contributed by atoms with E-state index in [0.29, 0.717) is 17.7 Å². The van der Waals surface area contributed by atoms with Gasteiger partial charge in [-0.2, -0.15) is 15.0 Å². The summed E-state index contributed by atoms with van der Waals surface area (Å²) in [6.45, 7) is 4.43. The Morgan fingerprint density at radius 2 is 0.638 bits per heavy atom. The van der Waals surface area contributed by atoms with E-state index in [0.717, 1.165) is 56.4 Å². The van der Waals surface area contributed by atoms with E-state index in [1.165, 1.54) is 4.80 Å². The predicted octanol–water partition coefficient (Wildman–Crippen LogP) is 15.5. The smallest absolute Gasteiger partial charge is 0.311 e. The van der Waals surface area contributed by atoms with Gasteiger partial charge in [-0.25, -0.2) is 0 Å². The van der Waals surface area contributed by atoms with Gasteiger partial charge in [0.1, 0.15) is 11.0 Å². The molecule has 11 heteroatoms. The van der Waals surface area contributed by atoms with E-state index < -0.39 is 21.2 Å². The van der Waals surface area contributed by atoms with Crippen LogP contribution in [-0.4, -0.2) is 24.8 Å². The van der Waals surface area contributed by atoms with Crippen LogP contribution in [-0.2, 0) is 6.54 Å². The molecule has 0 atom stereocenters. The van der Waals surface area contributed by atoms with Gasteiger partial charge < -0.3 is 9.80 Å². The number of nitro groups is 2. The molecule has 10 aromatic rings. The predicted molar refractivity (Wildman–Crippen MR) is 277 cm³/mol. The molecule has 0 bridgehead atoms. The van der Waals surface area contributed by atoms with Gasteiger partial charge in [0.2, 0.25) is 0 Å². The first kappa shape index (κ1) is 43.7. The summed E-state index contributed by atoms with van der Waals surface area (Å²) in [4.78, 5) is 31.0. The first-order valence-corrected chi connectivity index (χ1v) is 22.7. The number of para-hydroxylation sites is 4. The molecule has 0 radical (unpaired) electrons. The summed E-state index contributed by atoms with van der Waals surface area (Å²) in [5.74, 6) is 0.125. The molecule has 9 aromatic carbocycles. The maximum Gasteiger partial charge on any atom is 0.356 e. The Balaban J connectivity index is 1.01. The number of nitrogens with zero attached hydrogens (tertiary/aromatic N) is 7. The summed E-state index contributed by atoms with van der Waals surface area (Å²) in [6.07, 6.45) is 0. The fraction of sp³-hybridized carbons (Fsp3) is 0.0690. The van der Waals surface area contributed by atoms with E-state index in [2.05, 4.69) is 82.6 Å². The van der Waals surface area contributed by atoms with Crippen LogP contribution < -0.4 is 9.80 Å². The van der Waals surface area contributed by atoms with E-state index in [1.807, 2.05) is 135 Å². The van der Waals surface area contributed by atoms with Crippen LogP contribution in [0, 0.1) is 26.1 Å². The monoisotopic (exact) mass is 903 g/mol. The minimum atomic E-state index is -0.667. The molecular formula is C58H45N7O4. The zero-order chi connectivity index (χ0) is 47.4. The highest BCUT2D eigenvalue weighted by molar-refractivity contribution is 6.10. The molecule has 336 valence electrons. The molecule has 0 aliphatic carbocycles. The highest BCUT2D eigenvalue weighted by Gasteiger charge is 2.39. The number of benzene rings is 9. The standard InChI is InChI=1S/C58H45N7O4/c1-40(2)39-61-59-55-53(45-27-23-41(24-28-45)43-31-35-51(36-32-43)62(47-15-7-3-8-16-47)48-17-9-4-10-18-48)57(64(66)67)58(65(68)69)54(56(55)60-61)46-29-25-42(26-30-46)44-33-37-52(38-34-44)63(49-19-11-5-12-20-49)50-21-13-6-14-22-50/h3-38,40H,39H2,1-2H3. The van der Waals surface area contributed by atoms with Crippen molar-refractivity contribution in [2.45, 2.75) is 20.4 Å². The second-order valence-electron chi connectivity index (χ2n) is 17.1. The minimum absolute atomic E-state index is 0.0421. The maximum absolute atomic E-state index is 13.2. The summed E-state index contributed by atoms with van der Waals surface area (Å²) in [5.41, 5.74) is 9.67. The molecule has 1 heterocycles. The Morgan fingerprint density at radius 1 is 0.391 bits per heavy atom. The van der Waals surface area contributed by atoms with Crippen molar-refractivity contribution in [3.63, 3.8) is 0 Å². The summed E-state index contributed by atoms with van der Waals surface area (Å²) < 4.78 is 0. The molecule has 0 spiro atoms. The number of fused-ring (bicyclic) bond motifs is 1. The third-order valence-electron chi connectivity index (χ3n) is 12.0. The van der Waals surface area contributed by atoms with E-state index in [9.17, 15) is 20.2 Å². The number of hydrogen-bond acceptors (Lipinski definition) is 8. The largest absolute Gasteiger partial charge is 0.356 e. The van der Waals surface area contributed by atoms with E-state index in [1.54, 1.807) is 24.3 Å². The zero-order valence-electron chi connectivity index (χ0n) is 37.8. The molecule has 69 heavy (non-hydrogen) atoms. The summed E-state index contributed by atoms with van der Waals surface area (Å²) in [7, 11) is 0. The summed E-state index contributed by atoms with van der Waals surface area (Å²) in [6, 6.07) is 71.5. The fourth-order valence-corrected chi connectivity index (χ4v) is 8.92. The van der Waals surface area contributed by atoms with Crippen LogP contribution in [0.4, 0.5) is 45.5 Å². The quantitative estimate of drug-likeness (QED) is 0.0780. The third kappa shape index (κ3) is 8.80. The van der Waals surface area contributed by atoms with Gasteiger partial charge in [-0.3, -0.25) is 20.2 Å². The molecule has 0 aliphatic heterocycles. The Bertz CT molecular complexity index is 3100. The van der Waals surface area contributed by atoms with Crippen LogP contribution in [0.15, 0.2) is 218 Å². The lowest BCUT2D eigenvalue weighted by atomic mass is 9.92. The lowest BCUT2D eigenvalue weighted by Gasteiger charge is -2.25. The van der Waals surface area contributed by atoms with Crippen molar-refractivity contribution >= 4 is 56.5 Å². The SMILES string of the molecule is CC(C)Cn1nc2c(-c3ccc(-c4ccc(N(c5ccccc5)c5ccccc5)cc4)cc3)c([N+](=O)[O-])c([N+](=O)[O-])c(-c3ccc(-c4ccc(N(c5ccccc5)c5ccccc5)cc4)cc3)c2n1. The van der Waals surface area contributed by atoms with Crippen molar-refractivity contribution in [1.82, 2.24) is 15.0 Å². The second-order valence-corrected chi connectivity index (χ2v) is 17.1. The van der Waals surface area contributed by atoms with E-state index in [4.69, 9.17) is 10.2 Å². The number of nitro benzene ring substituents is 2. The van der Waals surface area contributed by atoms with Crippen LogP contribution in [0.1, 0.15) is 13.8 Å². The molecule has 0 amide bonds. The van der Waals surface area contributed by atoms with Crippen molar-refractivity contribution in [3.05, 3.63) is 239 Å². The van der Waals surface area contributed by atoms with Gasteiger partial charge in [-0.1, -0.05) is 159 Å². The van der Waals surface area contributed by atoms with Crippen molar-refractivity contribution in [3.8, 4) is 44.5 Å². The molecule has 0 saturated heterocycles. The van der Waals surface area contributed by atoms with Crippen LogP contribution in [0.3, 0.4) is 0 Å². The van der Waals surface area contributed by atoms with Gasteiger partial charge in [0.25, 0.3) is 0 Å². The van der Waals surface area contributed by atoms with Crippen molar-refractivity contribution in [1.29, 1.82) is 0 Å². The van der Waals surface area contributed by atoms with Gasteiger partial charge in [-0.15, -0.1) is 0 Å². The molecule has 0 saturated carbocycles. The van der Waals surface area contributed by atoms with Crippen molar-refractivity contribution in [2.24, 2.45) is 5.92 Å². The number of rotatable bonds is 14. The lowest BCUT2D eigenvalue weighted by molar-refractivity contribution is -0.421. The van der Waals surface area contributed by atoms with Crippen LogP contribution >= 0.6 is 0 Å². The van der Waals surface area contributed by atoms with Crippen LogP contribution in [0.5, 0.6) is 0 Å². The lowest BCUT2D eigenvalue weighted by Crippen LogP contribution is -2.09. The van der Waals surface area contributed by atoms with Gasteiger partial charge in [-0.05, 0) is 112 Å². The molecular weight excluding hydrogens is 859 g/mol. The van der Waals surface area contributed by atoms with Crippen LogP contribution in [0.25, 0.3) is 55.5 Å². The first-order chi connectivity index (χ1) is 33.7. The molecule has 11 nitrogen and oxygen atoms in total. The summed E-state index contributed by atoms with van der Waals surface area (Å²) >= 11 is 0. The van der Waals surface area contributed by atoms with Gasteiger partial charge in [0, 0.05) is 34.1 Å². The van der Waals surface area contributed by atoms with Gasteiger partial charge in [0.15, 0.2) is 0 Å². The summed E-state index contributed by atoms with van der Waals surface area (Å²) in [5, 5.41) is 36.1. The second kappa shape index (κ2) is 18.9. The highest BCUT2D eigenvalue weighted by Crippen LogP contribution is 2.50. The maximum atomic E-state index is 13.2. The Morgan fingerprint density at radius 3 is 0.899 bits per heavy atom. The normalized spacial score (nSPS) is 11.2. The van der Waals surface area contributed by atoms with Gasteiger partial charge >= 0.3 is 11.4 Å². The van der Waals surface area contributed by atoms with Crippen molar-refractivity contribution in [2.75, 3.05) is 9.80 Å². The number of anilines is 6. The topological polar surface area (TPSA) is 123 Å².